The molecule has 1 aromatic carbocycles. The lowest BCUT2D eigenvalue weighted by molar-refractivity contribution is -0.126. The SMILES string of the molecule is CC(N)(C(=O)NCCCOC1CCCC1)c1ccccc1. The van der Waals surface area contributed by atoms with Gasteiger partial charge in [0.05, 0.1) is 6.10 Å². The van der Waals surface area contributed by atoms with Gasteiger partial charge < -0.3 is 15.8 Å². The van der Waals surface area contributed by atoms with Crippen molar-refractivity contribution >= 4 is 5.91 Å². The molecule has 21 heavy (non-hydrogen) atoms. The summed E-state index contributed by atoms with van der Waals surface area (Å²) in [4.78, 5) is 12.2. The summed E-state index contributed by atoms with van der Waals surface area (Å²) in [5.41, 5.74) is 5.98. The van der Waals surface area contributed by atoms with Crippen LogP contribution in [0, 0.1) is 0 Å². The molecule has 1 saturated carbocycles. The molecular weight excluding hydrogens is 264 g/mol. The number of carbonyl (C=O) groups excluding carboxylic acids is 1. The average molecular weight is 290 g/mol. The second kappa shape index (κ2) is 7.57. The maximum absolute atomic E-state index is 12.2. The van der Waals surface area contributed by atoms with Crippen LogP contribution in [-0.4, -0.2) is 25.2 Å². The van der Waals surface area contributed by atoms with Gasteiger partial charge in [0.15, 0.2) is 0 Å². The van der Waals surface area contributed by atoms with Crippen molar-refractivity contribution in [3.8, 4) is 0 Å². The number of carbonyl (C=O) groups is 1. The van der Waals surface area contributed by atoms with E-state index in [0.29, 0.717) is 19.3 Å². The summed E-state index contributed by atoms with van der Waals surface area (Å²) in [5, 5.41) is 2.90. The number of nitrogens with two attached hydrogens (primary N) is 1. The molecule has 1 aromatic rings. The number of ether oxygens (including phenoxy) is 1. The lowest BCUT2D eigenvalue weighted by Crippen LogP contribution is -2.49. The topological polar surface area (TPSA) is 64.4 Å². The smallest absolute Gasteiger partial charge is 0.244 e. The Balaban J connectivity index is 1.69. The van der Waals surface area contributed by atoms with Gasteiger partial charge in [-0.15, -0.1) is 0 Å². The minimum absolute atomic E-state index is 0.144. The zero-order chi connectivity index (χ0) is 15.1. The van der Waals surface area contributed by atoms with Gasteiger partial charge in [-0.3, -0.25) is 4.79 Å². The Labute approximate surface area is 127 Å². The summed E-state index contributed by atoms with van der Waals surface area (Å²) in [6.07, 6.45) is 6.19. The Hall–Kier alpha value is -1.39. The molecule has 4 heteroatoms. The molecule has 1 amide bonds. The van der Waals surface area contributed by atoms with E-state index in [1.54, 1.807) is 6.92 Å². The normalized spacial score (nSPS) is 18.4. The summed E-state index contributed by atoms with van der Waals surface area (Å²) < 4.78 is 5.77. The van der Waals surface area contributed by atoms with Gasteiger partial charge in [0.2, 0.25) is 5.91 Å². The minimum Gasteiger partial charge on any atom is -0.378 e. The van der Waals surface area contributed by atoms with Crippen LogP contribution in [0.15, 0.2) is 30.3 Å². The lowest BCUT2D eigenvalue weighted by atomic mass is 9.92. The van der Waals surface area contributed by atoms with Crippen LogP contribution in [0.5, 0.6) is 0 Å². The van der Waals surface area contributed by atoms with Crippen LogP contribution in [-0.2, 0) is 15.1 Å². The predicted octanol–water partition coefficient (Wildman–Crippen LogP) is 2.33. The van der Waals surface area contributed by atoms with Crippen molar-refractivity contribution in [2.24, 2.45) is 5.73 Å². The first kappa shape index (κ1) is 16.0. The van der Waals surface area contributed by atoms with Crippen molar-refractivity contribution in [2.75, 3.05) is 13.2 Å². The number of benzene rings is 1. The second-order valence-corrected chi connectivity index (χ2v) is 5.96. The fraction of sp³-hybridized carbons (Fsp3) is 0.588. The molecule has 0 bridgehead atoms. The molecule has 0 heterocycles. The Morgan fingerprint density at radius 3 is 2.67 bits per heavy atom. The molecule has 3 N–H and O–H groups in total. The molecule has 0 spiro atoms. The molecule has 2 rings (SSSR count). The van der Waals surface area contributed by atoms with Gasteiger partial charge in [0, 0.05) is 13.2 Å². The van der Waals surface area contributed by atoms with Gasteiger partial charge in [-0.05, 0) is 31.7 Å². The van der Waals surface area contributed by atoms with E-state index in [1.807, 2.05) is 30.3 Å². The average Bonchev–Trinajstić information content (AvgIpc) is 3.01. The quantitative estimate of drug-likeness (QED) is 0.758. The highest BCUT2D eigenvalue weighted by molar-refractivity contribution is 5.86. The molecule has 0 aliphatic heterocycles. The maximum atomic E-state index is 12.2. The summed E-state index contributed by atoms with van der Waals surface area (Å²) in [6, 6.07) is 9.45. The third-order valence-electron chi connectivity index (χ3n) is 4.11. The summed E-state index contributed by atoms with van der Waals surface area (Å²) in [6.45, 7) is 3.05. The van der Waals surface area contributed by atoms with E-state index in [2.05, 4.69) is 5.32 Å². The van der Waals surface area contributed by atoms with E-state index in [-0.39, 0.29) is 5.91 Å². The maximum Gasteiger partial charge on any atom is 0.244 e. The Bertz CT molecular complexity index is 439. The van der Waals surface area contributed by atoms with Crippen LogP contribution in [0.2, 0.25) is 0 Å². The Morgan fingerprint density at radius 1 is 1.33 bits per heavy atom. The zero-order valence-corrected chi connectivity index (χ0v) is 12.8. The molecular formula is C17H26N2O2. The second-order valence-electron chi connectivity index (χ2n) is 5.96. The molecule has 0 saturated heterocycles. The molecule has 4 nitrogen and oxygen atoms in total. The summed E-state index contributed by atoms with van der Waals surface area (Å²) >= 11 is 0. The molecule has 1 fully saturated rings. The first-order chi connectivity index (χ1) is 10.1. The van der Waals surface area contributed by atoms with Crippen molar-refractivity contribution in [1.29, 1.82) is 0 Å². The van der Waals surface area contributed by atoms with E-state index >= 15 is 0 Å². The molecule has 1 aliphatic rings. The molecule has 1 aliphatic carbocycles. The monoisotopic (exact) mass is 290 g/mol. The summed E-state index contributed by atoms with van der Waals surface area (Å²) in [5.74, 6) is -0.144. The van der Waals surface area contributed by atoms with Gasteiger partial charge in [0.25, 0.3) is 0 Å². The number of hydrogen-bond acceptors (Lipinski definition) is 3. The number of amides is 1. The third-order valence-corrected chi connectivity index (χ3v) is 4.11. The number of hydrogen-bond donors (Lipinski definition) is 2. The number of rotatable bonds is 7. The standard InChI is InChI=1S/C17H26N2O2/c1-17(18,14-8-3-2-4-9-14)16(20)19-12-7-13-21-15-10-5-6-11-15/h2-4,8-9,15H,5-7,10-13,18H2,1H3,(H,19,20). The van der Waals surface area contributed by atoms with Crippen molar-refractivity contribution < 1.29 is 9.53 Å². The van der Waals surface area contributed by atoms with Crippen molar-refractivity contribution in [3.63, 3.8) is 0 Å². The predicted molar refractivity (Wildman–Crippen MR) is 83.8 cm³/mol. The third kappa shape index (κ3) is 4.55. The van der Waals surface area contributed by atoms with Crippen LogP contribution in [0.1, 0.15) is 44.6 Å². The Morgan fingerprint density at radius 2 is 2.00 bits per heavy atom. The van der Waals surface area contributed by atoms with E-state index in [4.69, 9.17) is 10.5 Å². The highest BCUT2D eigenvalue weighted by Gasteiger charge is 2.29. The van der Waals surface area contributed by atoms with Crippen molar-refractivity contribution in [3.05, 3.63) is 35.9 Å². The van der Waals surface area contributed by atoms with Crippen LogP contribution in [0.4, 0.5) is 0 Å². The van der Waals surface area contributed by atoms with Crippen LogP contribution in [0.25, 0.3) is 0 Å². The summed E-state index contributed by atoms with van der Waals surface area (Å²) in [7, 11) is 0. The van der Waals surface area contributed by atoms with E-state index in [9.17, 15) is 4.79 Å². The van der Waals surface area contributed by atoms with Crippen molar-refractivity contribution in [2.45, 2.75) is 50.7 Å². The van der Waals surface area contributed by atoms with E-state index < -0.39 is 5.54 Å². The lowest BCUT2D eigenvalue weighted by Gasteiger charge is -2.24. The minimum atomic E-state index is -0.992. The first-order valence-electron chi connectivity index (χ1n) is 7.85. The van der Waals surface area contributed by atoms with Crippen LogP contribution >= 0.6 is 0 Å². The molecule has 116 valence electrons. The van der Waals surface area contributed by atoms with Crippen molar-refractivity contribution in [1.82, 2.24) is 5.32 Å². The number of nitrogens with one attached hydrogen (secondary N) is 1. The van der Waals surface area contributed by atoms with Crippen LogP contribution < -0.4 is 11.1 Å². The molecule has 1 atom stereocenters. The molecule has 0 aromatic heterocycles. The first-order valence-corrected chi connectivity index (χ1v) is 7.85. The van der Waals surface area contributed by atoms with Gasteiger partial charge in [-0.1, -0.05) is 43.2 Å². The van der Waals surface area contributed by atoms with E-state index in [0.717, 1.165) is 12.0 Å². The highest BCUT2D eigenvalue weighted by atomic mass is 16.5. The van der Waals surface area contributed by atoms with Gasteiger partial charge >= 0.3 is 0 Å². The van der Waals surface area contributed by atoms with Gasteiger partial charge in [-0.25, -0.2) is 0 Å². The molecule has 1 unspecified atom stereocenters. The Kier molecular flexibility index (Phi) is 5.76. The fourth-order valence-electron chi connectivity index (χ4n) is 2.68. The van der Waals surface area contributed by atoms with Crippen LogP contribution in [0.3, 0.4) is 0 Å². The molecule has 0 radical (unpaired) electrons. The highest BCUT2D eigenvalue weighted by Crippen LogP contribution is 2.21. The van der Waals surface area contributed by atoms with E-state index in [1.165, 1.54) is 25.7 Å². The van der Waals surface area contributed by atoms with Gasteiger partial charge in [-0.2, -0.15) is 0 Å². The van der Waals surface area contributed by atoms with Gasteiger partial charge in [0.1, 0.15) is 5.54 Å². The fourth-order valence-corrected chi connectivity index (χ4v) is 2.68. The largest absolute Gasteiger partial charge is 0.378 e. The zero-order valence-electron chi connectivity index (χ0n) is 12.8.